The normalized spacial score (nSPS) is 11.7. The molecule has 3 aromatic rings. The van der Waals surface area contributed by atoms with Crippen LogP contribution < -0.4 is 5.32 Å². The third-order valence-corrected chi connectivity index (χ3v) is 5.39. The van der Waals surface area contributed by atoms with Crippen LogP contribution in [0.4, 0.5) is 0 Å². The molecular formula is C22H20ClNO3S. The summed E-state index contributed by atoms with van der Waals surface area (Å²) in [6.45, 7) is 3.91. The highest BCUT2D eigenvalue weighted by Crippen LogP contribution is 2.29. The van der Waals surface area contributed by atoms with E-state index in [0.29, 0.717) is 16.4 Å². The molecule has 0 spiro atoms. The van der Waals surface area contributed by atoms with Gasteiger partial charge in [-0.3, -0.25) is 4.79 Å². The van der Waals surface area contributed by atoms with Crippen LogP contribution in [0.5, 0.6) is 0 Å². The van der Waals surface area contributed by atoms with E-state index in [9.17, 15) is 9.59 Å². The molecule has 0 aliphatic carbocycles. The molecule has 0 radical (unpaired) electrons. The molecule has 2 aromatic carbocycles. The lowest BCUT2D eigenvalue weighted by atomic mass is 10.1. The molecule has 0 bridgehead atoms. The smallest absolute Gasteiger partial charge is 0.349 e. The van der Waals surface area contributed by atoms with Gasteiger partial charge in [0.15, 0.2) is 6.10 Å². The highest BCUT2D eigenvalue weighted by molar-refractivity contribution is 7.12. The van der Waals surface area contributed by atoms with Crippen molar-refractivity contribution in [1.29, 1.82) is 0 Å². The average Bonchev–Trinajstić information content (AvgIpc) is 3.17. The molecule has 4 nitrogen and oxygen atoms in total. The molecule has 0 saturated heterocycles. The van der Waals surface area contributed by atoms with E-state index in [1.165, 1.54) is 11.3 Å². The zero-order valence-electron chi connectivity index (χ0n) is 15.6. The van der Waals surface area contributed by atoms with E-state index in [4.69, 9.17) is 16.3 Å². The molecule has 1 aromatic heterocycles. The number of esters is 1. The van der Waals surface area contributed by atoms with Crippen LogP contribution in [0.3, 0.4) is 0 Å². The fourth-order valence-electron chi connectivity index (χ4n) is 2.63. The summed E-state index contributed by atoms with van der Waals surface area (Å²) < 4.78 is 5.39. The fraction of sp³-hybridized carbons (Fsp3) is 0.182. The van der Waals surface area contributed by atoms with Gasteiger partial charge in [-0.2, -0.15) is 0 Å². The molecule has 1 amide bonds. The van der Waals surface area contributed by atoms with Gasteiger partial charge in [-0.05, 0) is 48.6 Å². The van der Waals surface area contributed by atoms with Crippen molar-refractivity contribution in [1.82, 2.24) is 5.32 Å². The number of aryl methyl sites for hydroxylation is 1. The minimum atomic E-state index is -0.896. The van der Waals surface area contributed by atoms with Crippen molar-refractivity contribution in [2.75, 3.05) is 0 Å². The summed E-state index contributed by atoms with van der Waals surface area (Å²) in [4.78, 5) is 25.3. The van der Waals surface area contributed by atoms with Crippen LogP contribution in [0.15, 0.2) is 60.0 Å². The Morgan fingerprint density at radius 2 is 1.75 bits per heavy atom. The molecule has 28 heavy (non-hydrogen) atoms. The van der Waals surface area contributed by atoms with Crippen LogP contribution in [0.2, 0.25) is 5.02 Å². The Morgan fingerprint density at radius 1 is 1.07 bits per heavy atom. The van der Waals surface area contributed by atoms with Crippen LogP contribution in [-0.2, 0) is 16.1 Å². The Morgan fingerprint density at radius 3 is 2.43 bits per heavy atom. The van der Waals surface area contributed by atoms with E-state index in [0.717, 1.165) is 22.3 Å². The second kappa shape index (κ2) is 9.04. The van der Waals surface area contributed by atoms with E-state index >= 15 is 0 Å². The summed E-state index contributed by atoms with van der Waals surface area (Å²) in [7, 11) is 0. The standard InChI is InChI=1S/C22H20ClNO3S/c1-14-3-7-17(8-4-14)19-11-12-28-20(19)22(26)27-15(2)21(25)24-13-16-5-9-18(23)10-6-16/h3-12,15H,13H2,1-2H3,(H,24,25)/t15-/m1/s1. The Kier molecular flexibility index (Phi) is 6.49. The predicted molar refractivity (Wildman–Crippen MR) is 113 cm³/mol. The number of hydrogen-bond donors (Lipinski definition) is 1. The molecule has 1 N–H and O–H groups in total. The van der Waals surface area contributed by atoms with Crippen LogP contribution in [0.1, 0.15) is 27.7 Å². The monoisotopic (exact) mass is 413 g/mol. The molecule has 144 valence electrons. The summed E-state index contributed by atoms with van der Waals surface area (Å²) in [5.74, 6) is -0.851. The molecule has 6 heteroatoms. The molecule has 1 heterocycles. The maximum absolute atomic E-state index is 12.6. The van der Waals surface area contributed by atoms with Crippen LogP contribution >= 0.6 is 22.9 Å². The average molecular weight is 414 g/mol. The Bertz CT molecular complexity index is 964. The van der Waals surface area contributed by atoms with Crippen LogP contribution in [-0.4, -0.2) is 18.0 Å². The van der Waals surface area contributed by atoms with E-state index in [1.807, 2.05) is 54.8 Å². The number of halogens is 1. The van der Waals surface area contributed by atoms with Gasteiger partial charge in [0.2, 0.25) is 0 Å². The summed E-state index contributed by atoms with van der Waals surface area (Å²) in [5, 5.41) is 5.25. The maximum Gasteiger partial charge on any atom is 0.349 e. The summed E-state index contributed by atoms with van der Waals surface area (Å²) in [6, 6.07) is 17.0. The van der Waals surface area contributed by atoms with Crippen molar-refractivity contribution in [2.24, 2.45) is 0 Å². The molecule has 0 saturated carbocycles. The lowest BCUT2D eigenvalue weighted by Gasteiger charge is -2.14. The minimum Gasteiger partial charge on any atom is -0.448 e. The lowest BCUT2D eigenvalue weighted by molar-refractivity contribution is -0.129. The Labute approximate surface area is 173 Å². The number of ether oxygens (including phenoxy) is 1. The summed E-state index contributed by atoms with van der Waals surface area (Å²) in [6.07, 6.45) is -0.896. The first-order valence-corrected chi connectivity index (χ1v) is 10.1. The van der Waals surface area contributed by atoms with Crippen molar-refractivity contribution < 1.29 is 14.3 Å². The number of hydrogen-bond acceptors (Lipinski definition) is 4. The second-order valence-corrected chi connectivity index (χ2v) is 7.77. The minimum absolute atomic E-state index is 0.339. The van der Waals surface area contributed by atoms with Crippen molar-refractivity contribution >= 4 is 34.8 Å². The number of nitrogens with one attached hydrogen (secondary N) is 1. The van der Waals surface area contributed by atoms with Crippen molar-refractivity contribution in [2.45, 2.75) is 26.5 Å². The van der Waals surface area contributed by atoms with E-state index in [1.54, 1.807) is 19.1 Å². The fourth-order valence-corrected chi connectivity index (χ4v) is 3.55. The molecule has 3 rings (SSSR count). The van der Waals surface area contributed by atoms with Crippen molar-refractivity contribution in [3.8, 4) is 11.1 Å². The SMILES string of the molecule is Cc1ccc(-c2ccsc2C(=O)O[C@H](C)C(=O)NCc2ccc(Cl)cc2)cc1. The highest BCUT2D eigenvalue weighted by Gasteiger charge is 2.22. The summed E-state index contributed by atoms with van der Waals surface area (Å²) >= 11 is 7.15. The van der Waals surface area contributed by atoms with Gasteiger partial charge in [0, 0.05) is 17.1 Å². The van der Waals surface area contributed by atoms with Gasteiger partial charge in [-0.25, -0.2) is 4.79 Å². The first-order chi connectivity index (χ1) is 13.4. The number of thiophene rings is 1. The van der Waals surface area contributed by atoms with Gasteiger partial charge in [0.1, 0.15) is 4.88 Å². The highest BCUT2D eigenvalue weighted by atomic mass is 35.5. The zero-order valence-corrected chi connectivity index (χ0v) is 17.1. The van der Waals surface area contributed by atoms with Crippen molar-refractivity contribution in [3.63, 3.8) is 0 Å². The Hall–Kier alpha value is -2.63. The van der Waals surface area contributed by atoms with Gasteiger partial charge >= 0.3 is 5.97 Å². The number of carbonyl (C=O) groups is 2. The first kappa shape index (κ1) is 20.1. The predicted octanol–water partition coefficient (Wildman–Crippen LogP) is 5.24. The van der Waals surface area contributed by atoms with E-state index < -0.39 is 12.1 Å². The topological polar surface area (TPSA) is 55.4 Å². The number of carbonyl (C=O) groups excluding carboxylic acids is 2. The quantitative estimate of drug-likeness (QED) is 0.562. The van der Waals surface area contributed by atoms with Gasteiger partial charge in [-0.1, -0.05) is 53.6 Å². The van der Waals surface area contributed by atoms with Gasteiger partial charge < -0.3 is 10.1 Å². The number of amides is 1. The molecule has 0 fully saturated rings. The van der Waals surface area contributed by atoms with Crippen molar-refractivity contribution in [3.05, 3.63) is 81.0 Å². The molecule has 0 aliphatic rings. The third kappa shape index (κ3) is 5.00. The Balaban J connectivity index is 1.61. The van der Waals surface area contributed by atoms with Crippen LogP contribution in [0, 0.1) is 6.92 Å². The second-order valence-electron chi connectivity index (χ2n) is 6.42. The zero-order chi connectivity index (χ0) is 20.1. The first-order valence-electron chi connectivity index (χ1n) is 8.81. The van der Waals surface area contributed by atoms with E-state index in [-0.39, 0.29) is 5.91 Å². The molecule has 1 atom stereocenters. The van der Waals surface area contributed by atoms with Gasteiger partial charge in [0.05, 0.1) is 0 Å². The third-order valence-electron chi connectivity index (χ3n) is 4.25. The van der Waals surface area contributed by atoms with Gasteiger partial charge in [-0.15, -0.1) is 11.3 Å². The molecular weight excluding hydrogens is 394 g/mol. The van der Waals surface area contributed by atoms with Crippen LogP contribution in [0.25, 0.3) is 11.1 Å². The molecule has 0 aliphatic heterocycles. The number of benzene rings is 2. The van der Waals surface area contributed by atoms with Gasteiger partial charge in [0.25, 0.3) is 5.91 Å². The summed E-state index contributed by atoms with van der Waals surface area (Å²) in [5.41, 5.74) is 3.81. The number of rotatable bonds is 6. The maximum atomic E-state index is 12.6. The largest absolute Gasteiger partial charge is 0.448 e. The molecule has 0 unspecified atom stereocenters. The van der Waals surface area contributed by atoms with E-state index in [2.05, 4.69) is 5.32 Å². The lowest BCUT2D eigenvalue weighted by Crippen LogP contribution is -2.35.